The fraction of sp³-hybridized carbons (Fsp3) is 0.647. The normalized spacial score (nSPS) is 22.7. The Morgan fingerprint density at radius 3 is 2.48 bits per heavy atom. The van der Waals surface area contributed by atoms with Crippen LogP contribution in [0, 0.1) is 17.6 Å². The first-order chi connectivity index (χ1) is 9.79. The second kappa shape index (κ2) is 6.41. The number of rotatable bonds is 4. The van der Waals surface area contributed by atoms with Crippen molar-refractivity contribution in [3.05, 3.63) is 35.4 Å². The van der Waals surface area contributed by atoms with Crippen molar-refractivity contribution >= 4 is 0 Å². The monoisotopic (exact) mass is 296 g/mol. The van der Waals surface area contributed by atoms with E-state index < -0.39 is 11.6 Å². The van der Waals surface area contributed by atoms with Gasteiger partial charge in [0.15, 0.2) is 0 Å². The smallest absolute Gasteiger partial charge is 0.130 e. The molecule has 0 amide bonds. The summed E-state index contributed by atoms with van der Waals surface area (Å²) in [5.74, 6) is -0.301. The van der Waals surface area contributed by atoms with Crippen LogP contribution in [0.15, 0.2) is 18.2 Å². The van der Waals surface area contributed by atoms with Crippen molar-refractivity contribution in [2.75, 3.05) is 13.1 Å². The third kappa shape index (κ3) is 4.01. The van der Waals surface area contributed by atoms with Gasteiger partial charge in [-0.1, -0.05) is 19.9 Å². The molecule has 0 saturated carbocycles. The van der Waals surface area contributed by atoms with E-state index in [2.05, 4.69) is 37.9 Å². The molecule has 4 heteroatoms. The van der Waals surface area contributed by atoms with E-state index in [-0.39, 0.29) is 11.1 Å². The Morgan fingerprint density at radius 2 is 1.90 bits per heavy atom. The summed E-state index contributed by atoms with van der Waals surface area (Å²) < 4.78 is 27.8. The van der Waals surface area contributed by atoms with Crippen molar-refractivity contribution in [3.8, 4) is 0 Å². The average Bonchev–Trinajstić information content (AvgIpc) is 2.37. The number of nitrogens with one attached hydrogen (secondary N) is 1. The van der Waals surface area contributed by atoms with Crippen LogP contribution in [-0.4, -0.2) is 29.6 Å². The van der Waals surface area contributed by atoms with E-state index in [0.717, 1.165) is 19.5 Å². The zero-order chi connectivity index (χ0) is 15.6. The molecule has 1 heterocycles. The number of hydrogen-bond donors (Lipinski definition) is 1. The van der Waals surface area contributed by atoms with E-state index in [1.54, 1.807) is 0 Å². The molecule has 0 radical (unpaired) electrons. The van der Waals surface area contributed by atoms with Crippen molar-refractivity contribution in [2.45, 2.75) is 52.2 Å². The SMILES string of the molecule is CC(C)CC1CN(Cc2c(F)cccc2F)C(C)(C)CN1. The summed E-state index contributed by atoms with van der Waals surface area (Å²) in [6.45, 7) is 10.6. The minimum absolute atomic E-state index is 0.109. The van der Waals surface area contributed by atoms with Gasteiger partial charge < -0.3 is 5.32 Å². The maximum atomic E-state index is 13.9. The van der Waals surface area contributed by atoms with E-state index in [1.165, 1.54) is 18.2 Å². The van der Waals surface area contributed by atoms with Crippen molar-refractivity contribution in [1.82, 2.24) is 10.2 Å². The molecular formula is C17H26F2N2. The summed E-state index contributed by atoms with van der Waals surface area (Å²) in [7, 11) is 0. The molecule has 1 unspecified atom stereocenters. The Kier molecular flexibility index (Phi) is 4.99. The van der Waals surface area contributed by atoms with E-state index in [0.29, 0.717) is 18.5 Å². The summed E-state index contributed by atoms with van der Waals surface area (Å²) in [6.07, 6.45) is 1.08. The van der Waals surface area contributed by atoms with Crippen molar-refractivity contribution in [2.24, 2.45) is 5.92 Å². The van der Waals surface area contributed by atoms with Crippen LogP contribution in [0.1, 0.15) is 39.7 Å². The lowest BCUT2D eigenvalue weighted by Crippen LogP contribution is -2.61. The maximum absolute atomic E-state index is 13.9. The molecule has 1 aromatic rings. The molecule has 1 aromatic carbocycles. The lowest BCUT2D eigenvalue weighted by atomic mass is 9.93. The van der Waals surface area contributed by atoms with Gasteiger partial charge in [0.2, 0.25) is 0 Å². The summed E-state index contributed by atoms with van der Waals surface area (Å²) in [5, 5.41) is 3.56. The van der Waals surface area contributed by atoms with Crippen LogP contribution in [0.2, 0.25) is 0 Å². The Labute approximate surface area is 126 Å². The van der Waals surface area contributed by atoms with E-state index >= 15 is 0 Å². The van der Waals surface area contributed by atoms with Crippen LogP contribution in [-0.2, 0) is 6.54 Å². The van der Waals surface area contributed by atoms with Gasteiger partial charge in [0, 0.05) is 36.8 Å². The minimum Gasteiger partial charge on any atom is -0.311 e. The highest BCUT2D eigenvalue weighted by Crippen LogP contribution is 2.25. The molecule has 2 rings (SSSR count). The number of halogens is 2. The fourth-order valence-corrected chi connectivity index (χ4v) is 2.96. The molecule has 1 saturated heterocycles. The van der Waals surface area contributed by atoms with Crippen LogP contribution in [0.25, 0.3) is 0 Å². The second-order valence-corrected chi connectivity index (χ2v) is 7.10. The predicted octanol–water partition coefficient (Wildman–Crippen LogP) is 3.56. The van der Waals surface area contributed by atoms with Crippen LogP contribution in [0.4, 0.5) is 8.78 Å². The second-order valence-electron chi connectivity index (χ2n) is 7.10. The van der Waals surface area contributed by atoms with E-state index in [4.69, 9.17) is 0 Å². The number of nitrogens with zero attached hydrogens (tertiary/aromatic N) is 1. The summed E-state index contributed by atoms with van der Waals surface area (Å²) in [6, 6.07) is 4.46. The topological polar surface area (TPSA) is 15.3 Å². The van der Waals surface area contributed by atoms with Crippen LogP contribution >= 0.6 is 0 Å². The highest BCUT2D eigenvalue weighted by atomic mass is 19.1. The highest BCUT2D eigenvalue weighted by molar-refractivity contribution is 5.20. The first-order valence-corrected chi connectivity index (χ1v) is 7.71. The number of piperazine rings is 1. The molecule has 0 aliphatic carbocycles. The molecule has 21 heavy (non-hydrogen) atoms. The molecule has 1 atom stereocenters. The Bertz CT molecular complexity index is 465. The zero-order valence-corrected chi connectivity index (χ0v) is 13.4. The molecule has 0 spiro atoms. The zero-order valence-electron chi connectivity index (χ0n) is 13.4. The molecule has 1 N–H and O–H groups in total. The van der Waals surface area contributed by atoms with E-state index in [9.17, 15) is 8.78 Å². The number of hydrogen-bond acceptors (Lipinski definition) is 2. The van der Waals surface area contributed by atoms with Gasteiger partial charge in [-0.05, 0) is 38.3 Å². The summed E-state index contributed by atoms with van der Waals surface area (Å²) in [5.41, 5.74) is 0.0677. The van der Waals surface area contributed by atoms with Crippen LogP contribution < -0.4 is 5.32 Å². The van der Waals surface area contributed by atoms with Gasteiger partial charge in [0.1, 0.15) is 11.6 Å². The summed E-state index contributed by atoms with van der Waals surface area (Å²) in [4.78, 5) is 2.19. The van der Waals surface area contributed by atoms with Crippen LogP contribution in [0.3, 0.4) is 0 Å². The van der Waals surface area contributed by atoms with E-state index in [1.807, 2.05) is 0 Å². The third-order valence-corrected chi connectivity index (χ3v) is 4.29. The minimum atomic E-state index is -0.454. The highest BCUT2D eigenvalue weighted by Gasteiger charge is 2.34. The first kappa shape index (κ1) is 16.4. The Hall–Kier alpha value is -1.00. The van der Waals surface area contributed by atoms with Gasteiger partial charge in [-0.2, -0.15) is 0 Å². The predicted molar refractivity (Wildman–Crippen MR) is 82.1 cm³/mol. The van der Waals surface area contributed by atoms with Gasteiger partial charge >= 0.3 is 0 Å². The number of benzene rings is 1. The Morgan fingerprint density at radius 1 is 1.29 bits per heavy atom. The third-order valence-electron chi connectivity index (χ3n) is 4.29. The average molecular weight is 296 g/mol. The van der Waals surface area contributed by atoms with Crippen molar-refractivity contribution in [3.63, 3.8) is 0 Å². The molecule has 118 valence electrons. The molecule has 0 aromatic heterocycles. The van der Waals surface area contributed by atoms with Gasteiger partial charge in [-0.25, -0.2) is 8.78 Å². The largest absolute Gasteiger partial charge is 0.311 e. The quantitative estimate of drug-likeness (QED) is 0.914. The first-order valence-electron chi connectivity index (χ1n) is 7.71. The van der Waals surface area contributed by atoms with Gasteiger partial charge in [0.05, 0.1) is 0 Å². The molecule has 1 fully saturated rings. The molecule has 2 nitrogen and oxygen atoms in total. The molecule has 1 aliphatic heterocycles. The molecule has 0 bridgehead atoms. The van der Waals surface area contributed by atoms with Crippen molar-refractivity contribution in [1.29, 1.82) is 0 Å². The van der Waals surface area contributed by atoms with Crippen LogP contribution in [0.5, 0.6) is 0 Å². The molecular weight excluding hydrogens is 270 g/mol. The lowest BCUT2D eigenvalue weighted by molar-refractivity contribution is 0.0516. The fourth-order valence-electron chi connectivity index (χ4n) is 2.96. The maximum Gasteiger partial charge on any atom is 0.130 e. The molecule has 1 aliphatic rings. The van der Waals surface area contributed by atoms with Crippen molar-refractivity contribution < 1.29 is 8.78 Å². The lowest BCUT2D eigenvalue weighted by Gasteiger charge is -2.46. The van der Waals surface area contributed by atoms with Gasteiger partial charge in [-0.15, -0.1) is 0 Å². The standard InChI is InChI=1S/C17H26F2N2/c1-12(2)8-13-9-21(17(3,4)11-20-13)10-14-15(18)6-5-7-16(14)19/h5-7,12-13,20H,8-11H2,1-4H3. The van der Waals surface area contributed by atoms with Gasteiger partial charge in [-0.3, -0.25) is 4.90 Å². The Balaban J connectivity index is 2.15. The summed E-state index contributed by atoms with van der Waals surface area (Å²) >= 11 is 0. The van der Waals surface area contributed by atoms with Gasteiger partial charge in [0.25, 0.3) is 0 Å².